The fourth-order valence-corrected chi connectivity index (χ4v) is 1.82. The van der Waals surface area contributed by atoms with E-state index in [4.69, 9.17) is 4.74 Å². The number of hydrogen-bond donors (Lipinski definition) is 0. The summed E-state index contributed by atoms with van der Waals surface area (Å²) in [6.07, 6.45) is 2.14. The average molecular weight is 249 g/mol. The average Bonchev–Trinajstić information content (AvgIpc) is 2.37. The molecule has 1 amide bonds. The van der Waals surface area contributed by atoms with Gasteiger partial charge in [0.25, 0.3) is 5.91 Å². The van der Waals surface area contributed by atoms with Gasteiger partial charge in [0.2, 0.25) is 0 Å². The van der Waals surface area contributed by atoms with Crippen LogP contribution in [0.1, 0.15) is 42.6 Å². The molecule has 0 aliphatic heterocycles. The highest BCUT2D eigenvalue weighted by atomic mass is 16.5. The molecule has 0 bridgehead atoms. The maximum Gasteiger partial charge on any atom is 0.253 e. The fraction of sp³-hybridized carbons (Fsp3) is 0.533. The minimum absolute atomic E-state index is 0.0783. The Balaban J connectivity index is 2.77. The highest BCUT2D eigenvalue weighted by Gasteiger charge is 2.12. The van der Waals surface area contributed by atoms with E-state index in [2.05, 4.69) is 6.92 Å². The second kappa shape index (κ2) is 7.04. The van der Waals surface area contributed by atoms with Gasteiger partial charge in [0.1, 0.15) is 5.75 Å². The Bertz CT molecular complexity index is 401. The van der Waals surface area contributed by atoms with E-state index < -0.39 is 0 Å². The summed E-state index contributed by atoms with van der Waals surface area (Å²) in [6.45, 7) is 7.50. The molecule has 0 heterocycles. The lowest BCUT2D eigenvalue weighted by atomic mass is 10.1. The molecule has 0 atom stereocenters. The van der Waals surface area contributed by atoms with Crippen molar-refractivity contribution in [1.29, 1.82) is 0 Å². The molecule has 0 N–H and O–H groups in total. The third kappa shape index (κ3) is 3.76. The van der Waals surface area contributed by atoms with E-state index in [1.807, 2.05) is 39.1 Å². The number of nitrogens with zero attached hydrogens (tertiary/aromatic N) is 1. The topological polar surface area (TPSA) is 29.5 Å². The number of ether oxygens (including phenoxy) is 1. The number of carbonyl (C=O) groups excluding carboxylic acids is 1. The van der Waals surface area contributed by atoms with Crippen molar-refractivity contribution in [3.05, 3.63) is 29.3 Å². The van der Waals surface area contributed by atoms with Crippen LogP contribution in [0.4, 0.5) is 0 Å². The zero-order valence-corrected chi connectivity index (χ0v) is 11.8. The monoisotopic (exact) mass is 249 g/mol. The van der Waals surface area contributed by atoms with Crippen molar-refractivity contribution in [2.75, 3.05) is 20.2 Å². The van der Waals surface area contributed by atoms with E-state index in [-0.39, 0.29) is 5.91 Å². The first-order valence-corrected chi connectivity index (χ1v) is 6.59. The standard InChI is InChI=1S/C15H23NO2/c1-5-7-10-16(4)15(17)13-8-9-14(18-6-2)12(3)11-13/h8-9,11H,5-7,10H2,1-4H3. The second-order valence-corrected chi connectivity index (χ2v) is 4.49. The molecule has 1 aromatic rings. The molecule has 0 spiro atoms. The van der Waals surface area contributed by atoms with Crippen molar-refractivity contribution in [3.63, 3.8) is 0 Å². The van der Waals surface area contributed by atoms with Crippen molar-refractivity contribution in [1.82, 2.24) is 4.90 Å². The third-order valence-corrected chi connectivity index (χ3v) is 2.92. The lowest BCUT2D eigenvalue weighted by Crippen LogP contribution is -2.27. The van der Waals surface area contributed by atoms with Gasteiger partial charge in [-0.05, 0) is 44.0 Å². The number of carbonyl (C=O) groups is 1. The van der Waals surface area contributed by atoms with Gasteiger partial charge in [-0.15, -0.1) is 0 Å². The van der Waals surface area contributed by atoms with Gasteiger partial charge in [-0.3, -0.25) is 4.79 Å². The second-order valence-electron chi connectivity index (χ2n) is 4.49. The number of amides is 1. The Morgan fingerprint density at radius 1 is 1.33 bits per heavy atom. The summed E-state index contributed by atoms with van der Waals surface area (Å²) < 4.78 is 5.47. The molecule has 0 aliphatic rings. The summed E-state index contributed by atoms with van der Waals surface area (Å²) in [5.74, 6) is 0.930. The number of rotatable bonds is 6. The molecular weight excluding hydrogens is 226 g/mol. The first-order valence-electron chi connectivity index (χ1n) is 6.59. The Hall–Kier alpha value is -1.51. The third-order valence-electron chi connectivity index (χ3n) is 2.92. The van der Waals surface area contributed by atoms with Crippen LogP contribution in [0, 0.1) is 6.92 Å². The predicted octanol–water partition coefficient (Wildman–Crippen LogP) is 3.27. The van der Waals surface area contributed by atoms with Crippen LogP contribution in [0.3, 0.4) is 0 Å². The smallest absolute Gasteiger partial charge is 0.253 e. The Morgan fingerprint density at radius 2 is 2.06 bits per heavy atom. The molecule has 0 aromatic heterocycles. The van der Waals surface area contributed by atoms with Gasteiger partial charge in [-0.25, -0.2) is 0 Å². The van der Waals surface area contributed by atoms with Crippen LogP contribution in [-0.4, -0.2) is 31.0 Å². The molecule has 0 aliphatic carbocycles. The van der Waals surface area contributed by atoms with Crippen LogP contribution < -0.4 is 4.74 Å². The zero-order chi connectivity index (χ0) is 13.5. The molecule has 3 heteroatoms. The van der Waals surface area contributed by atoms with Gasteiger partial charge in [0, 0.05) is 19.2 Å². The van der Waals surface area contributed by atoms with Crippen molar-refractivity contribution >= 4 is 5.91 Å². The van der Waals surface area contributed by atoms with Gasteiger partial charge in [0.05, 0.1) is 6.61 Å². The van der Waals surface area contributed by atoms with E-state index in [1.165, 1.54) is 0 Å². The van der Waals surface area contributed by atoms with Crippen molar-refractivity contribution in [2.45, 2.75) is 33.6 Å². The minimum Gasteiger partial charge on any atom is -0.494 e. The number of hydrogen-bond acceptors (Lipinski definition) is 2. The predicted molar refractivity (Wildman–Crippen MR) is 74.2 cm³/mol. The lowest BCUT2D eigenvalue weighted by Gasteiger charge is -2.17. The van der Waals surface area contributed by atoms with Crippen LogP contribution in [0.25, 0.3) is 0 Å². The Morgan fingerprint density at radius 3 is 2.61 bits per heavy atom. The Kier molecular flexibility index (Phi) is 5.69. The molecule has 0 fully saturated rings. The Labute approximate surface area is 110 Å². The van der Waals surface area contributed by atoms with Crippen LogP contribution in [0.5, 0.6) is 5.75 Å². The number of unbranched alkanes of at least 4 members (excludes halogenated alkanes) is 1. The molecular formula is C15H23NO2. The molecule has 18 heavy (non-hydrogen) atoms. The van der Waals surface area contributed by atoms with Crippen LogP contribution >= 0.6 is 0 Å². The maximum absolute atomic E-state index is 12.2. The number of benzene rings is 1. The van der Waals surface area contributed by atoms with Crippen LogP contribution in [-0.2, 0) is 0 Å². The number of aryl methyl sites for hydroxylation is 1. The normalized spacial score (nSPS) is 10.2. The molecule has 1 rings (SSSR count). The summed E-state index contributed by atoms with van der Waals surface area (Å²) in [4.78, 5) is 13.9. The SMILES string of the molecule is CCCCN(C)C(=O)c1ccc(OCC)c(C)c1. The van der Waals surface area contributed by atoms with Gasteiger partial charge >= 0.3 is 0 Å². The van der Waals surface area contributed by atoms with Gasteiger partial charge in [-0.2, -0.15) is 0 Å². The molecule has 100 valence electrons. The van der Waals surface area contributed by atoms with E-state index >= 15 is 0 Å². The van der Waals surface area contributed by atoms with Crippen LogP contribution in [0.15, 0.2) is 18.2 Å². The van der Waals surface area contributed by atoms with Crippen molar-refractivity contribution in [2.24, 2.45) is 0 Å². The summed E-state index contributed by atoms with van der Waals surface area (Å²) in [6, 6.07) is 5.61. The first kappa shape index (κ1) is 14.6. The molecule has 3 nitrogen and oxygen atoms in total. The van der Waals surface area contributed by atoms with E-state index in [9.17, 15) is 4.79 Å². The summed E-state index contributed by atoms with van der Waals surface area (Å²) in [7, 11) is 1.85. The van der Waals surface area contributed by atoms with Crippen molar-refractivity contribution < 1.29 is 9.53 Å². The van der Waals surface area contributed by atoms with E-state index in [1.54, 1.807) is 4.90 Å². The van der Waals surface area contributed by atoms with Gasteiger partial charge in [0.15, 0.2) is 0 Å². The van der Waals surface area contributed by atoms with E-state index in [0.717, 1.165) is 36.3 Å². The lowest BCUT2D eigenvalue weighted by molar-refractivity contribution is 0.0793. The van der Waals surface area contributed by atoms with E-state index in [0.29, 0.717) is 6.61 Å². The highest BCUT2D eigenvalue weighted by Crippen LogP contribution is 2.19. The summed E-state index contributed by atoms with van der Waals surface area (Å²) >= 11 is 0. The first-order chi connectivity index (χ1) is 8.60. The molecule has 0 saturated carbocycles. The quantitative estimate of drug-likeness (QED) is 0.774. The van der Waals surface area contributed by atoms with Crippen molar-refractivity contribution in [3.8, 4) is 5.75 Å². The minimum atomic E-state index is 0.0783. The summed E-state index contributed by atoms with van der Waals surface area (Å²) in [5, 5.41) is 0. The van der Waals surface area contributed by atoms with Gasteiger partial charge in [-0.1, -0.05) is 13.3 Å². The molecule has 0 saturated heterocycles. The molecule has 1 aromatic carbocycles. The highest BCUT2D eigenvalue weighted by molar-refractivity contribution is 5.94. The van der Waals surface area contributed by atoms with Gasteiger partial charge < -0.3 is 9.64 Å². The molecule has 0 unspecified atom stereocenters. The summed E-state index contributed by atoms with van der Waals surface area (Å²) in [5.41, 5.74) is 1.74. The maximum atomic E-state index is 12.2. The fourth-order valence-electron chi connectivity index (χ4n) is 1.82. The molecule has 0 radical (unpaired) electrons. The largest absolute Gasteiger partial charge is 0.494 e. The van der Waals surface area contributed by atoms with Crippen LogP contribution in [0.2, 0.25) is 0 Å². The zero-order valence-electron chi connectivity index (χ0n) is 11.8.